The summed E-state index contributed by atoms with van der Waals surface area (Å²) in [4.78, 5) is 34.1. The summed E-state index contributed by atoms with van der Waals surface area (Å²) in [5.41, 5.74) is 5.21. The van der Waals surface area contributed by atoms with Crippen LogP contribution in [-0.2, 0) is 23.1 Å². The number of anilines is 1. The van der Waals surface area contributed by atoms with Gasteiger partial charge in [0.05, 0.1) is 19.5 Å². The van der Waals surface area contributed by atoms with E-state index in [1.807, 2.05) is 6.92 Å². The molecular formula is C15H23KN5O8P. The summed E-state index contributed by atoms with van der Waals surface area (Å²) in [6.07, 6.45) is -1.50. The molecule has 0 radical (unpaired) electrons. The average molecular weight is 471 g/mol. The van der Waals surface area contributed by atoms with Crippen LogP contribution in [0.25, 0.3) is 11.2 Å². The molecule has 0 bridgehead atoms. The van der Waals surface area contributed by atoms with Crippen molar-refractivity contribution in [1.29, 1.82) is 0 Å². The van der Waals surface area contributed by atoms with Gasteiger partial charge in [0.25, 0.3) is 13.4 Å². The third-order valence-corrected chi connectivity index (χ3v) is 5.42. The van der Waals surface area contributed by atoms with Crippen molar-refractivity contribution < 1.29 is 84.5 Å². The number of imidazole rings is 1. The van der Waals surface area contributed by atoms with Crippen molar-refractivity contribution in [1.82, 2.24) is 19.5 Å². The van der Waals surface area contributed by atoms with E-state index in [0.717, 1.165) is 6.42 Å². The molecule has 4 N–H and O–H groups in total. The molecule has 5 atom stereocenters. The number of fused-ring (bicyclic) bond motifs is 1. The molecule has 0 aliphatic carbocycles. The summed E-state index contributed by atoms with van der Waals surface area (Å²) in [6.45, 7) is 1.42. The standard InChI is InChI=1S/C15H24N5O8P.K/c1-3-4-5-26-29(23,24)27-6-8-10(21)11(25-2)14(28-8)20-7-17-9-12(20)18-15(16)19-13(9)22;/h7-8,10-11,14,21H,3-6H2,1-2H3,(H,23,24)(H3,16,18,19,22);/q;+1/p-1/t8-,10-,11-,14-;/m1./s1. The molecule has 1 aliphatic heterocycles. The quantitative estimate of drug-likeness (QED) is 0.185. The van der Waals surface area contributed by atoms with Gasteiger partial charge in [-0.3, -0.25) is 18.9 Å². The molecule has 15 heteroatoms. The SMILES string of the molecule is CCCCOP(=O)([O-])OC[C@H]1O[C@@H](n2cnc3c(=O)[nH]c(N)nc32)[C@H](OC)[C@@H]1O.[K+]. The Bertz CT molecular complexity index is 955. The van der Waals surface area contributed by atoms with E-state index in [1.54, 1.807) is 0 Å². The van der Waals surface area contributed by atoms with E-state index >= 15 is 0 Å². The molecule has 1 unspecified atom stereocenters. The van der Waals surface area contributed by atoms with E-state index in [2.05, 4.69) is 15.0 Å². The number of phosphoric acid groups is 1. The fourth-order valence-electron chi connectivity index (χ4n) is 2.99. The van der Waals surface area contributed by atoms with E-state index in [0.29, 0.717) is 6.42 Å². The fourth-order valence-corrected chi connectivity index (χ4v) is 3.74. The summed E-state index contributed by atoms with van der Waals surface area (Å²) < 4.78 is 33.8. The van der Waals surface area contributed by atoms with Crippen molar-refractivity contribution in [3.8, 4) is 0 Å². The van der Waals surface area contributed by atoms with Gasteiger partial charge in [0, 0.05) is 7.11 Å². The maximum Gasteiger partial charge on any atom is 1.00 e. The second kappa shape index (κ2) is 11.1. The van der Waals surface area contributed by atoms with Crippen molar-refractivity contribution in [2.45, 2.75) is 44.3 Å². The number of hydrogen-bond donors (Lipinski definition) is 3. The van der Waals surface area contributed by atoms with Crippen LogP contribution in [0.4, 0.5) is 5.95 Å². The topological polar surface area (TPSA) is 187 Å². The number of methoxy groups -OCH3 is 1. The molecule has 162 valence electrons. The van der Waals surface area contributed by atoms with Gasteiger partial charge in [-0.1, -0.05) is 13.3 Å². The van der Waals surface area contributed by atoms with Crippen LogP contribution in [0, 0.1) is 0 Å². The molecule has 3 rings (SSSR count). The average Bonchev–Trinajstić information content (AvgIpc) is 3.21. The molecule has 2 aromatic rings. The molecule has 0 aromatic carbocycles. The minimum atomic E-state index is -4.54. The number of aromatic amines is 1. The molecule has 0 spiro atoms. The molecule has 1 fully saturated rings. The maximum atomic E-state index is 12.0. The van der Waals surface area contributed by atoms with Crippen molar-refractivity contribution in [2.24, 2.45) is 0 Å². The molecule has 1 saturated heterocycles. The van der Waals surface area contributed by atoms with Gasteiger partial charge >= 0.3 is 51.4 Å². The summed E-state index contributed by atoms with van der Waals surface area (Å²) in [6, 6.07) is 0. The van der Waals surface area contributed by atoms with Crippen LogP contribution in [0.15, 0.2) is 11.1 Å². The van der Waals surface area contributed by atoms with E-state index in [-0.39, 0.29) is 75.1 Å². The Hall–Kier alpha value is -0.224. The van der Waals surface area contributed by atoms with Crippen LogP contribution in [0.3, 0.4) is 0 Å². The van der Waals surface area contributed by atoms with Crippen LogP contribution in [0.2, 0.25) is 0 Å². The summed E-state index contributed by atoms with van der Waals surface area (Å²) in [7, 11) is -3.18. The zero-order valence-corrected chi connectivity index (χ0v) is 20.9. The van der Waals surface area contributed by atoms with Gasteiger partial charge in [0.1, 0.15) is 18.3 Å². The fraction of sp³-hybridized carbons (Fsp3) is 0.667. The van der Waals surface area contributed by atoms with E-state index < -0.39 is 44.5 Å². The largest absolute Gasteiger partial charge is 1.00 e. The zero-order chi connectivity index (χ0) is 21.2. The maximum absolute atomic E-state index is 12.0. The van der Waals surface area contributed by atoms with Gasteiger partial charge in [0.15, 0.2) is 17.4 Å². The van der Waals surface area contributed by atoms with Gasteiger partial charge in [-0.2, -0.15) is 4.98 Å². The Morgan fingerprint density at radius 1 is 1.47 bits per heavy atom. The van der Waals surface area contributed by atoms with Gasteiger partial charge in [-0.25, -0.2) is 4.98 Å². The Kier molecular flexibility index (Phi) is 9.61. The number of nitrogens with two attached hydrogens (primary N) is 1. The minimum Gasteiger partial charge on any atom is -0.756 e. The smallest absolute Gasteiger partial charge is 0.756 e. The molecule has 1 aliphatic rings. The van der Waals surface area contributed by atoms with Crippen molar-refractivity contribution in [2.75, 3.05) is 26.1 Å². The van der Waals surface area contributed by atoms with Crippen LogP contribution >= 0.6 is 7.82 Å². The van der Waals surface area contributed by atoms with E-state index in [1.165, 1.54) is 18.0 Å². The molecule has 3 heterocycles. The monoisotopic (exact) mass is 471 g/mol. The third-order valence-electron chi connectivity index (χ3n) is 4.45. The molecule has 13 nitrogen and oxygen atoms in total. The first kappa shape index (κ1) is 26.0. The first-order valence-electron chi connectivity index (χ1n) is 8.96. The van der Waals surface area contributed by atoms with Crippen molar-refractivity contribution in [3.63, 3.8) is 0 Å². The number of nitrogens with one attached hydrogen (secondary N) is 1. The van der Waals surface area contributed by atoms with Gasteiger partial charge in [0.2, 0.25) is 5.95 Å². The second-order valence-electron chi connectivity index (χ2n) is 6.46. The molecule has 0 saturated carbocycles. The molecule has 2 aromatic heterocycles. The van der Waals surface area contributed by atoms with Crippen molar-refractivity contribution >= 4 is 24.9 Å². The zero-order valence-electron chi connectivity index (χ0n) is 16.9. The third kappa shape index (κ3) is 5.76. The van der Waals surface area contributed by atoms with E-state index in [9.17, 15) is 19.4 Å². The normalized spacial score (nSPS) is 25.9. The second-order valence-corrected chi connectivity index (χ2v) is 7.87. The van der Waals surface area contributed by atoms with Crippen LogP contribution in [-0.4, -0.2) is 63.3 Å². The number of ether oxygens (including phenoxy) is 2. The Balaban J connectivity index is 0.00000320. The number of hydrogen-bond acceptors (Lipinski definition) is 11. The number of H-pyrrole nitrogens is 1. The number of phosphoric ester groups is 1. The number of unbranched alkanes of at least 4 members (excludes halogenated alkanes) is 1. The van der Waals surface area contributed by atoms with E-state index in [4.69, 9.17) is 24.3 Å². The van der Waals surface area contributed by atoms with Crippen LogP contribution in [0.1, 0.15) is 26.0 Å². The number of aromatic nitrogens is 4. The molecule has 30 heavy (non-hydrogen) atoms. The van der Waals surface area contributed by atoms with Crippen LogP contribution in [0.5, 0.6) is 0 Å². The van der Waals surface area contributed by atoms with Crippen LogP contribution < -0.4 is 67.6 Å². The predicted octanol–water partition coefficient (Wildman–Crippen LogP) is -3.72. The summed E-state index contributed by atoms with van der Waals surface area (Å²) in [5, 5.41) is 10.5. The first-order chi connectivity index (χ1) is 13.8. The van der Waals surface area contributed by atoms with Crippen molar-refractivity contribution in [3.05, 3.63) is 16.7 Å². The van der Waals surface area contributed by atoms with Gasteiger partial charge in [-0.15, -0.1) is 0 Å². The molecular weight excluding hydrogens is 448 g/mol. The summed E-state index contributed by atoms with van der Waals surface area (Å²) in [5.74, 6) is -0.117. The van der Waals surface area contributed by atoms with Gasteiger partial charge in [-0.05, 0) is 6.42 Å². The Labute approximate surface area is 214 Å². The summed E-state index contributed by atoms with van der Waals surface area (Å²) >= 11 is 0. The molecule has 0 amide bonds. The first-order valence-corrected chi connectivity index (χ1v) is 10.4. The predicted molar refractivity (Wildman–Crippen MR) is 97.7 cm³/mol. The number of nitrogen functional groups attached to an aromatic ring is 1. The minimum absolute atomic E-state index is 0. The van der Waals surface area contributed by atoms with Gasteiger partial charge < -0.3 is 34.3 Å². The Morgan fingerprint density at radius 3 is 2.87 bits per heavy atom. The Morgan fingerprint density at radius 2 is 2.20 bits per heavy atom. The number of aliphatic hydroxyl groups is 1. The number of nitrogens with zero attached hydrogens (tertiary/aromatic N) is 3. The number of rotatable bonds is 9. The number of aliphatic hydroxyl groups excluding tert-OH is 1.